The first kappa shape index (κ1) is 15.3. The highest BCUT2D eigenvalue weighted by molar-refractivity contribution is 5.94. The van der Waals surface area contributed by atoms with Crippen LogP contribution in [0.3, 0.4) is 0 Å². The van der Waals surface area contributed by atoms with Gasteiger partial charge in [-0.2, -0.15) is 0 Å². The highest BCUT2D eigenvalue weighted by Crippen LogP contribution is 2.11. The van der Waals surface area contributed by atoms with Crippen molar-refractivity contribution in [1.82, 2.24) is 15.2 Å². The molecule has 2 amide bonds. The predicted molar refractivity (Wildman–Crippen MR) is 77.9 cm³/mol. The maximum Gasteiger partial charge on any atom is 0.252 e. The van der Waals surface area contributed by atoms with E-state index in [0.717, 1.165) is 38.8 Å². The minimum atomic E-state index is -0.243. The van der Waals surface area contributed by atoms with Gasteiger partial charge >= 0.3 is 0 Å². The third-order valence-corrected chi connectivity index (χ3v) is 3.55. The number of hydrogen-bond acceptors (Lipinski definition) is 4. The van der Waals surface area contributed by atoms with E-state index in [1.807, 2.05) is 4.90 Å². The van der Waals surface area contributed by atoms with Crippen molar-refractivity contribution in [2.45, 2.75) is 32.1 Å². The molecule has 0 bridgehead atoms. The summed E-state index contributed by atoms with van der Waals surface area (Å²) in [5.74, 6) is -0.0187. The van der Waals surface area contributed by atoms with Crippen LogP contribution >= 0.6 is 0 Å². The fraction of sp³-hybridized carbons (Fsp3) is 0.533. The minimum Gasteiger partial charge on any atom is -0.506 e. The number of aromatic hydroxyl groups is 1. The van der Waals surface area contributed by atoms with Gasteiger partial charge < -0.3 is 15.3 Å². The first-order valence-corrected chi connectivity index (χ1v) is 7.37. The van der Waals surface area contributed by atoms with Gasteiger partial charge in [0.05, 0.1) is 11.8 Å². The number of likely N-dealkylation sites (tertiary alicyclic amines) is 1. The molecule has 1 aliphatic rings. The third kappa shape index (κ3) is 4.73. The summed E-state index contributed by atoms with van der Waals surface area (Å²) in [6, 6.07) is 1.38. The second-order valence-electron chi connectivity index (χ2n) is 5.23. The Morgan fingerprint density at radius 2 is 2.19 bits per heavy atom. The standard InChI is InChI=1S/C15H21N3O3/c19-13-9-12(10-16-11-13)15(21)17-6-2-4-8-18-7-3-1-5-14(18)20/h9-11,19H,1-8H2,(H,17,21). The van der Waals surface area contributed by atoms with Crippen LogP contribution in [0.15, 0.2) is 18.5 Å². The van der Waals surface area contributed by atoms with Crippen LogP contribution in [0.1, 0.15) is 42.5 Å². The Kier molecular flexibility index (Phi) is 5.54. The van der Waals surface area contributed by atoms with Crippen molar-refractivity contribution in [3.8, 4) is 5.75 Å². The lowest BCUT2D eigenvalue weighted by Crippen LogP contribution is -2.36. The second kappa shape index (κ2) is 7.61. The molecule has 114 valence electrons. The highest BCUT2D eigenvalue weighted by Gasteiger charge is 2.16. The van der Waals surface area contributed by atoms with E-state index in [0.29, 0.717) is 18.5 Å². The average Bonchev–Trinajstić information content (AvgIpc) is 2.48. The summed E-state index contributed by atoms with van der Waals surface area (Å²) in [5.41, 5.74) is 0.348. The zero-order valence-corrected chi connectivity index (χ0v) is 12.0. The van der Waals surface area contributed by atoms with E-state index in [1.54, 1.807) is 0 Å². The summed E-state index contributed by atoms with van der Waals surface area (Å²) in [4.78, 5) is 29.1. The first-order chi connectivity index (χ1) is 10.2. The van der Waals surface area contributed by atoms with Gasteiger partial charge in [-0.3, -0.25) is 14.6 Å². The van der Waals surface area contributed by atoms with E-state index in [9.17, 15) is 14.7 Å². The van der Waals surface area contributed by atoms with Gasteiger partial charge in [0.1, 0.15) is 5.75 Å². The van der Waals surface area contributed by atoms with E-state index in [-0.39, 0.29) is 17.6 Å². The summed E-state index contributed by atoms with van der Waals surface area (Å²) in [7, 11) is 0. The Morgan fingerprint density at radius 3 is 2.95 bits per heavy atom. The number of amides is 2. The van der Waals surface area contributed by atoms with E-state index in [2.05, 4.69) is 10.3 Å². The molecule has 1 aliphatic heterocycles. The molecule has 0 aliphatic carbocycles. The maximum atomic E-state index is 11.8. The van der Waals surface area contributed by atoms with Crippen molar-refractivity contribution in [2.75, 3.05) is 19.6 Å². The number of rotatable bonds is 6. The van der Waals surface area contributed by atoms with E-state index in [1.165, 1.54) is 18.5 Å². The van der Waals surface area contributed by atoms with Crippen molar-refractivity contribution in [1.29, 1.82) is 0 Å². The zero-order valence-electron chi connectivity index (χ0n) is 12.0. The number of nitrogens with one attached hydrogen (secondary N) is 1. The molecule has 6 nitrogen and oxygen atoms in total. The van der Waals surface area contributed by atoms with Gasteiger partial charge in [-0.05, 0) is 31.7 Å². The number of carbonyl (C=O) groups is 2. The summed E-state index contributed by atoms with van der Waals surface area (Å²) in [6.07, 6.45) is 7.16. The topological polar surface area (TPSA) is 82.5 Å². The van der Waals surface area contributed by atoms with E-state index >= 15 is 0 Å². The number of nitrogens with zero attached hydrogens (tertiary/aromatic N) is 2. The monoisotopic (exact) mass is 291 g/mol. The summed E-state index contributed by atoms with van der Waals surface area (Å²) in [6.45, 7) is 2.18. The number of pyridine rings is 1. The van der Waals surface area contributed by atoms with Crippen LogP contribution in [-0.2, 0) is 4.79 Å². The Hall–Kier alpha value is -2.11. The van der Waals surface area contributed by atoms with Gasteiger partial charge in [-0.15, -0.1) is 0 Å². The molecule has 21 heavy (non-hydrogen) atoms. The number of piperidine rings is 1. The number of unbranched alkanes of at least 4 members (excludes halogenated alkanes) is 1. The minimum absolute atomic E-state index is 0.0220. The SMILES string of the molecule is O=C(NCCCCN1CCCCC1=O)c1cncc(O)c1. The average molecular weight is 291 g/mol. The van der Waals surface area contributed by atoms with Crippen molar-refractivity contribution < 1.29 is 14.7 Å². The molecule has 1 saturated heterocycles. The van der Waals surface area contributed by atoms with Gasteiger partial charge in [0.15, 0.2) is 0 Å². The summed E-state index contributed by atoms with van der Waals surface area (Å²) in [5, 5.41) is 12.0. The molecule has 1 aromatic heterocycles. The van der Waals surface area contributed by atoms with Crippen molar-refractivity contribution >= 4 is 11.8 Å². The van der Waals surface area contributed by atoms with Crippen molar-refractivity contribution in [3.05, 3.63) is 24.0 Å². The van der Waals surface area contributed by atoms with E-state index in [4.69, 9.17) is 0 Å². The summed E-state index contributed by atoms with van der Waals surface area (Å²) < 4.78 is 0. The highest BCUT2D eigenvalue weighted by atomic mass is 16.3. The van der Waals surface area contributed by atoms with Gasteiger partial charge in [0.2, 0.25) is 5.91 Å². The van der Waals surface area contributed by atoms with Crippen molar-refractivity contribution in [2.24, 2.45) is 0 Å². The molecule has 1 fully saturated rings. The van der Waals surface area contributed by atoms with Crippen molar-refractivity contribution in [3.63, 3.8) is 0 Å². The molecule has 2 rings (SSSR count). The quantitative estimate of drug-likeness (QED) is 0.774. The lowest BCUT2D eigenvalue weighted by atomic mass is 10.1. The lowest BCUT2D eigenvalue weighted by Gasteiger charge is -2.26. The van der Waals surface area contributed by atoms with Gasteiger partial charge in [-0.25, -0.2) is 0 Å². The Morgan fingerprint density at radius 1 is 1.33 bits per heavy atom. The molecule has 1 aromatic rings. The molecule has 0 spiro atoms. The molecular weight excluding hydrogens is 270 g/mol. The lowest BCUT2D eigenvalue weighted by molar-refractivity contribution is -0.133. The maximum absolute atomic E-state index is 11.8. The smallest absolute Gasteiger partial charge is 0.252 e. The molecule has 0 atom stereocenters. The van der Waals surface area contributed by atoms with Crippen LogP contribution in [0.5, 0.6) is 5.75 Å². The molecule has 2 heterocycles. The van der Waals surface area contributed by atoms with Crippen LogP contribution in [-0.4, -0.2) is 46.4 Å². The van der Waals surface area contributed by atoms with Gasteiger partial charge in [-0.1, -0.05) is 0 Å². The van der Waals surface area contributed by atoms with Gasteiger partial charge in [0, 0.05) is 32.3 Å². The van der Waals surface area contributed by atoms with Crippen LogP contribution in [0.4, 0.5) is 0 Å². The number of hydrogen-bond donors (Lipinski definition) is 2. The van der Waals surface area contributed by atoms with Gasteiger partial charge in [0.25, 0.3) is 5.91 Å². The molecule has 0 unspecified atom stereocenters. The largest absolute Gasteiger partial charge is 0.506 e. The second-order valence-corrected chi connectivity index (χ2v) is 5.23. The fourth-order valence-corrected chi connectivity index (χ4v) is 2.38. The van der Waals surface area contributed by atoms with Crippen LogP contribution in [0.25, 0.3) is 0 Å². The summed E-state index contributed by atoms with van der Waals surface area (Å²) >= 11 is 0. The van der Waals surface area contributed by atoms with E-state index < -0.39 is 0 Å². The Balaban J connectivity index is 1.63. The van der Waals surface area contributed by atoms with Crippen LogP contribution in [0.2, 0.25) is 0 Å². The molecule has 6 heteroatoms. The molecule has 0 aromatic carbocycles. The first-order valence-electron chi connectivity index (χ1n) is 7.37. The van der Waals surface area contributed by atoms with Crippen LogP contribution in [0, 0.1) is 0 Å². The number of carbonyl (C=O) groups excluding carboxylic acids is 2. The predicted octanol–water partition coefficient (Wildman–Crippen LogP) is 1.31. The molecular formula is C15H21N3O3. The third-order valence-electron chi connectivity index (χ3n) is 3.55. The zero-order chi connectivity index (χ0) is 15.1. The fourth-order valence-electron chi connectivity index (χ4n) is 2.38. The molecule has 0 radical (unpaired) electrons. The molecule has 2 N–H and O–H groups in total. The normalized spacial score (nSPS) is 15.0. The Bertz CT molecular complexity index is 505. The van der Waals surface area contributed by atoms with Crippen LogP contribution < -0.4 is 5.32 Å². The molecule has 0 saturated carbocycles. The Labute approximate surface area is 124 Å². The number of aromatic nitrogens is 1.